The van der Waals surface area contributed by atoms with Crippen LogP contribution in [0.15, 0.2) is 24.3 Å². The Hall–Kier alpha value is -1.28. The highest BCUT2D eigenvalue weighted by atomic mass is 16.3. The molecule has 2 heteroatoms. The van der Waals surface area contributed by atoms with Crippen LogP contribution >= 0.6 is 0 Å². The van der Waals surface area contributed by atoms with Gasteiger partial charge in [0, 0.05) is 5.41 Å². The summed E-state index contributed by atoms with van der Waals surface area (Å²) >= 11 is 0. The zero-order chi connectivity index (χ0) is 10.3. The highest BCUT2D eigenvalue weighted by Gasteiger charge is 2.35. The Morgan fingerprint density at radius 2 is 2.00 bits per heavy atom. The van der Waals surface area contributed by atoms with Crippen molar-refractivity contribution in [3.63, 3.8) is 0 Å². The van der Waals surface area contributed by atoms with Crippen LogP contribution in [0.5, 0.6) is 5.75 Å². The summed E-state index contributed by atoms with van der Waals surface area (Å²) in [7, 11) is 0. The fourth-order valence-corrected chi connectivity index (χ4v) is 2.79. The van der Waals surface area contributed by atoms with Crippen molar-refractivity contribution in [2.24, 2.45) is 0 Å². The van der Waals surface area contributed by atoms with Gasteiger partial charge in [-0.25, -0.2) is 0 Å². The van der Waals surface area contributed by atoms with Crippen molar-refractivity contribution >= 4 is 6.08 Å². The number of piperidine rings is 1. The van der Waals surface area contributed by atoms with E-state index in [0.29, 0.717) is 5.75 Å². The quantitative estimate of drug-likeness (QED) is 0.673. The zero-order valence-corrected chi connectivity index (χ0v) is 8.66. The van der Waals surface area contributed by atoms with E-state index in [1.807, 2.05) is 6.07 Å². The van der Waals surface area contributed by atoms with E-state index in [0.717, 1.165) is 13.1 Å². The van der Waals surface area contributed by atoms with E-state index in [-0.39, 0.29) is 5.41 Å². The predicted molar refractivity (Wildman–Crippen MR) is 60.9 cm³/mol. The molecule has 0 aromatic heterocycles. The minimum absolute atomic E-state index is 0.244. The molecule has 1 aliphatic heterocycles. The summed E-state index contributed by atoms with van der Waals surface area (Å²) < 4.78 is 0. The van der Waals surface area contributed by atoms with Gasteiger partial charge in [0.15, 0.2) is 0 Å². The average molecular weight is 201 g/mol. The van der Waals surface area contributed by atoms with Gasteiger partial charge in [0.1, 0.15) is 5.75 Å². The van der Waals surface area contributed by atoms with Crippen LogP contribution in [0.25, 0.3) is 6.08 Å². The van der Waals surface area contributed by atoms with Crippen LogP contribution in [-0.4, -0.2) is 18.2 Å². The Bertz CT molecular complexity index is 417. The van der Waals surface area contributed by atoms with Crippen molar-refractivity contribution in [1.29, 1.82) is 0 Å². The van der Waals surface area contributed by atoms with Gasteiger partial charge in [-0.2, -0.15) is 0 Å². The Morgan fingerprint density at radius 3 is 2.80 bits per heavy atom. The molecule has 1 aromatic carbocycles. The molecule has 2 nitrogen and oxygen atoms in total. The molecule has 0 bridgehead atoms. The van der Waals surface area contributed by atoms with Crippen LogP contribution in [0, 0.1) is 0 Å². The number of hydrogen-bond acceptors (Lipinski definition) is 2. The highest BCUT2D eigenvalue weighted by molar-refractivity contribution is 5.66. The Morgan fingerprint density at radius 1 is 1.20 bits per heavy atom. The maximum atomic E-state index is 9.44. The molecule has 2 aliphatic rings. The minimum Gasteiger partial charge on any atom is -0.508 e. The van der Waals surface area contributed by atoms with Gasteiger partial charge in [0.25, 0.3) is 0 Å². The number of hydrogen-bond donors (Lipinski definition) is 2. The summed E-state index contributed by atoms with van der Waals surface area (Å²) in [6.07, 6.45) is 6.81. The second-order valence-corrected chi connectivity index (χ2v) is 4.51. The molecule has 0 unspecified atom stereocenters. The molecule has 0 atom stereocenters. The summed E-state index contributed by atoms with van der Waals surface area (Å²) in [5.41, 5.74) is 2.83. The molecule has 0 radical (unpaired) electrons. The van der Waals surface area contributed by atoms with E-state index >= 15 is 0 Å². The van der Waals surface area contributed by atoms with Gasteiger partial charge in [-0.1, -0.05) is 18.2 Å². The Balaban J connectivity index is 2.07. The third-order valence-corrected chi connectivity index (χ3v) is 3.65. The lowest BCUT2D eigenvalue weighted by atomic mass is 9.75. The maximum Gasteiger partial charge on any atom is 0.116 e. The molecule has 1 aliphatic carbocycles. The van der Waals surface area contributed by atoms with Crippen LogP contribution in [0.1, 0.15) is 24.0 Å². The van der Waals surface area contributed by atoms with Crippen molar-refractivity contribution in [3.8, 4) is 5.75 Å². The standard InChI is InChI=1S/C13H15NO/c15-11-1-2-12-10(9-11)3-4-13(12)5-7-14-8-6-13/h1-4,9,14-15H,5-8H2. The SMILES string of the molecule is Oc1ccc2c(c1)C=CC21CCNCC1. The van der Waals surface area contributed by atoms with Crippen molar-refractivity contribution in [1.82, 2.24) is 5.32 Å². The molecule has 3 rings (SSSR count). The van der Waals surface area contributed by atoms with Crippen LogP contribution in [-0.2, 0) is 5.41 Å². The second-order valence-electron chi connectivity index (χ2n) is 4.51. The molecular weight excluding hydrogens is 186 g/mol. The number of phenolic OH excluding ortho intramolecular Hbond substituents is 1. The lowest BCUT2D eigenvalue weighted by Gasteiger charge is -2.33. The topological polar surface area (TPSA) is 32.3 Å². The van der Waals surface area contributed by atoms with E-state index in [2.05, 4.69) is 23.5 Å². The summed E-state index contributed by atoms with van der Waals surface area (Å²) in [6.45, 7) is 2.18. The first-order valence-electron chi connectivity index (χ1n) is 5.54. The number of nitrogens with one attached hydrogen (secondary N) is 1. The highest BCUT2D eigenvalue weighted by Crippen LogP contribution is 2.43. The molecule has 1 spiro atoms. The monoisotopic (exact) mass is 201 g/mol. The number of benzene rings is 1. The maximum absolute atomic E-state index is 9.44. The smallest absolute Gasteiger partial charge is 0.116 e. The third kappa shape index (κ3) is 1.29. The van der Waals surface area contributed by atoms with E-state index in [1.54, 1.807) is 6.07 Å². The first-order chi connectivity index (χ1) is 7.30. The summed E-state index contributed by atoms with van der Waals surface area (Å²) in [5, 5.41) is 12.8. The van der Waals surface area contributed by atoms with Gasteiger partial charge in [0.05, 0.1) is 0 Å². The zero-order valence-electron chi connectivity index (χ0n) is 8.66. The van der Waals surface area contributed by atoms with Gasteiger partial charge in [0.2, 0.25) is 0 Å². The Labute approximate surface area is 89.6 Å². The molecule has 0 amide bonds. The molecule has 1 heterocycles. The summed E-state index contributed by atoms with van der Waals surface area (Å²) in [5.74, 6) is 0.365. The normalized spacial score (nSPS) is 21.9. The summed E-state index contributed by atoms with van der Waals surface area (Å²) in [6, 6.07) is 5.74. The predicted octanol–water partition coefficient (Wildman–Crippen LogP) is 2.04. The van der Waals surface area contributed by atoms with E-state index in [4.69, 9.17) is 0 Å². The number of phenols is 1. The van der Waals surface area contributed by atoms with Crippen LogP contribution < -0.4 is 5.32 Å². The van der Waals surface area contributed by atoms with Crippen LogP contribution in [0.3, 0.4) is 0 Å². The average Bonchev–Trinajstić information content (AvgIpc) is 2.58. The molecule has 0 saturated carbocycles. The van der Waals surface area contributed by atoms with E-state index in [1.165, 1.54) is 24.0 Å². The number of allylic oxidation sites excluding steroid dienone is 1. The first kappa shape index (κ1) is 8.98. The van der Waals surface area contributed by atoms with Gasteiger partial charge in [-0.05, 0) is 49.2 Å². The van der Waals surface area contributed by atoms with Crippen LogP contribution in [0.2, 0.25) is 0 Å². The molecule has 2 N–H and O–H groups in total. The largest absolute Gasteiger partial charge is 0.508 e. The molecular formula is C13H15NO. The van der Waals surface area contributed by atoms with Crippen molar-refractivity contribution in [2.45, 2.75) is 18.3 Å². The lowest BCUT2D eigenvalue weighted by molar-refractivity contribution is 0.378. The number of aromatic hydroxyl groups is 1. The van der Waals surface area contributed by atoms with Crippen molar-refractivity contribution in [3.05, 3.63) is 35.4 Å². The fourth-order valence-electron chi connectivity index (χ4n) is 2.79. The molecule has 1 saturated heterocycles. The molecule has 15 heavy (non-hydrogen) atoms. The molecule has 1 fully saturated rings. The van der Waals surface area contributed by atoms with Gasteiger partial charge < -0.3 is 10.4 Å². The van der Waals surface area contributed by atoms with Crippen molar-refractivity contribution in [2.75, 3.05) is 13.1 Å². The number of fused-ring (bicyclic) bond motifs is 2. The minimum atomic E-state index is 0.244. The fraction of sp³-hybridized carbons (Fsp3) is 0.385. The van der Waals surface area contributed by atoms with E-state index < -0.39 is 0 Å². The van der Waals surface area contributed by atoms with Crippen molar-refractivity contribution < 1.29 is 5.11 Å². The molecule has 1 aromatic rings. The lowest BCUT2D eigenvalue weighted by Crippen LogP contribution is -2.37. The second kappa shape index (κ2) is 3.11. The van der Waals surface area contributed by atoms with Gasteiger partial charge in [-0.15, -0.1) is 0 Å². The van der Waals surface area contributed by atoms with Gasteiger partial charge in [-0.3, -0.25) is 0 Å². The number of rotatable bonds is 0. The molecule has 78 valence electrons. The van der Waals surface area contributed by atoms with Crippen LogP contribution in [0.4, 0.5) is 0 Å². The van der Waals surface area contributed by atoms with Gasteiger partial charge >= 0.3 is 0 Å². The summed E-state index contributed by atoms with van der Waals surface area (Å²) in [4.78, 5) is 0. The Kier molecular flexibility index (Phi) is 1.86. The third-order valence-electron chi connectivity index (χ3n) is 3.65. The van der Waals surface area contributed by atoms with E-state index in [9.17, 15) is 5.11 Å². The first-order valence-corrected chi connectivity index (χ1v) is 5.54.